The first kappa shape index (κ1) is 16.1. The van der Waals surface area contributed by atoms with Gasteiger partial charge in [-0.1, -0.05) is 11.6 Å². The minimum Gasteiger partial charge on any atom is -0.483 e. The third-order valence-electron chi connectivity index (χ3n) is 2.80. The lowest BCUT2D eigenvalue weighted by atomic mass is 10.2. The molecule has 0 saturated heterocycles. The Kier molecular flexibility index (Phi) is 5.64. The number of nitrogen functional groups attached to an aromatic ring is 1. The molecule has 0 fully saturated rings. The summed E-state index contributed by atoms with van der Waals surface area (Å²) in [4.78, 5) is 24.5. The number of aromatic carboxylic acids is 1. The maximum atomic E-state index is 11.8. The lowest BCUT2D eigenvalue weighted by Crippen LogP contribution is -2.34. The molecule has 0 heterocycles. The first-order chi connectivity index (χ1) is 9.40. The van der Waals surface area contributed by atoms with Crippen LogP contribution in [0, 0.1) is 0 Å². The van der Waals surface area contributed by atoms with E-state index in [0.29, 0.717) is 13.1 Å². The van der Waals surface area contributed by atoms with E-state index in [9.17, 15) is 9.59 Å². The first-order valence-electron chi connectivity index (χ1n) is 6.13. The van der Waals surface area contributed by atoms with Crippen LogP contribution in [0.15, 0.2) is 12.1 Å². The summed E-state index contributed by atoms with van der Waals surface area (Å²) < 4.78 is 5.27. The molecular weight excluding hydrogens is 284 g/mol. The third-order valence-corrected chi connectivity index (χ3v) is 3.12. The minimum absolute atomic E-state index is 0.0277. The van der Waals surface area contributed by atoms with Crippen LogP contribution < -0.4 is 10.5 Å². The summed E-state index contributed by atoms with van der Waals surface area (Å²) in [7, 11) is 0. The van der Waals surface area contributed by atoms with Crippen molar-refractivity contribution in [3.63, 3.8) is 0 Å². The number of halogens is 1. The van der Waals surface area contributed by atoms with Gasteiger partial charge < -0.3 is 20.5 Å². The molecule has 7 heteroatoms. The van der Waals surface area contributed by atoms with Gasteiger partial charge in [0, 0.05) is 19.2 Å². The Morgan fingerprint density at radius 1 is 1.35 bits per heavy atom. The zero-order valence-corrected chi connectivity index (χ0v) is 12.1. The van der Waals surface area contributed by atoms with E-state index >= 15 is 0 Å². The van der Waals surface area contributed by atoms with Crippen molar-refractivity contribution in [3.05, 3.63) is 22.7 Å². The van der Waals surface area contributed by atoms with Crippen LogP contribution in [0.4, 0.5) is 5.69 Å². The monoisotopic (exact) mass is 300 g/mol. The lowest BCUT2D eigenvalue weighted by molar-refractivity contribution is -0.132. The van der Waals surface area contributed by atoms with Gasteiger partial charge in [-0.2, -0.15) is 0 Å². The standard InChI is InChI=1S/C13H17ClN2O4/c1-3-16(4-2)12(17)7-20-11-6-10(15)9(14)5-8(11)13(18)19/h5-6H,3-4,7,15H2,1-2H3,(H,18,19). The number of hydrogen-bond acceptors (Lipinski definition) is 4. The zero-order chi connectivity index (χ0) is 15.3. The molecule has 1 amide bonds. The maximum Gasteiger partial charge on any atom is 0.339 e. The number of benzene rings is 1. The van der Waals surface area contributed by atoms with E-state index in [2.05, 4.69) is 0 Å². The number of rotatable bonds is 6. The molecule has 0 aliphatic heterocycles. The van der Waals surface area contributed by atoms with Gasteiger partial charge in [-0.25, -0.2) is 4.79 Å². The molecule has 0 aliphatic carbocycles. The number of nitrogens with zero attached hydrogens (tertiary/aromatic N) is 1. The number of likely N-dealkylation sites (N-methyl/N-ethyl adjacent to an activating group) is 1. The first-order valence-corrected chi connectivity index (χ1v) is 6.51. The molecule has 0 aliphatic rings. The van der Waals surface area contributed by atoms with Crippen LogP contribution in [0.3, 0.4) is 0 Å². The highest BCUT2D eigenvalue weighted by molar-refractivity contribution is 6.33. The summed E-state index contributed by atoms with van der Waals surface area (Å²) in [5.41, 5.74) is 5.68. The van der Waals surface area contributed by atoms with Crippen molar-refractivity contribution in [1.29, 1.82) is 0 Å². The quantitative estimate of drug-likeness (QED) is 0.782. The number of carboxylic acids is 1. The van der Waals surface area contributed by atoms with Crippen LogP contribution in [0.5, 0.6) is 5.75 Å². The maximum absolute atomic E-state index is 11.8. The van der Waals surface area contributed by atoms with E-state index in [-0.39, 0.29) is 34.5 Å². The molecule has 110 valence electrons. The van der Waals surface area contributed by atoms with Gasteiger partial charge in [0.2, 0.25) is 0 Å². The highest BCUT2D eigenvalue weighted by Gasteiger charge is 2.17. The van der Waals surface area contributed by atoms with Crippen LogP contribution in [0.2, 0.25) is 5.02 Å². The molecule has 6 nitrogen and oxygen atoms in total. The van der Waals surface area contributed by atoms with Crippen LogP contribution >= 0.6 is 11.6 Å². The smallest absolute Gasteiger partial charge is 0.339 e. The fourth-order valence-corrected chi connectivity index (χ4v) is 1.83. The second kappa shape index (κ2) is 7.00. The number of carbonyl (C=O) groups excluding carboxylic acids is 1. The molecule has 0 atom stereocenters. The van der Waals surface area contributed by atoms with Crippen molar-refractivity contribution in [2.24, 2.45) is 0 Å². The second-order valence-electron chi connectivity index (χ2n) is 4.03. The zero-order valence-electron chi connectivity index (χ0n) is 11.4. The molecule has 3 N–H and O–H groups in total. The molecule has 20 heavy (non-hydrogen) atoms. The normalized spacial score (nSPS) is 10.2. The Hall–Kier alpha value is -1.95. The van der Waals surface area contributed by atoms with Gasteiger partial charge in [0.15, 0.2) is 6.61 Å². The Labute approximate surface area is 122 Å². The average molecular weight is 301 g/mol. The van der Waals surface area contributed by atoms with Crippen molar-refractivity contribution in [3.8, 4) is 5.75 Å². The fraction of sp³-hybridized carbons (Fsp3) is 0.385. The molecule has 0 radical (unpaired) electrons. The largest absolute Gasteiger partial charge is 0.483 e. The predicted molar refractivity (Wildman–Crippen MR) is 76.2 cm³/mol. The Morgan fingerprint density at radius 3 is 2.45 bits per heavy atom. The SMILES string of the molecule is CCN(CC)C(=O)COc1cc(N)c(Cl)cc1C(=O)O. The Bertz CT molecular complexity index is 515. The van der Waals surface area contributed by atoms with Crippen LogP contribution in [-0.4, -0.2) is 41.6 Å². The molecule has 0 saturated carbocycles. The van der Waals surface area contributed by atoms with Crippen molar-refractivity contribution >= 4 is 29.2 Å². The Balaban J connectivity index is 2.89. The fourth-order valence-electron chi connectivity index (χ4n) is 1.66. The summed E-state index contributed by atoms with van der Waals surface area (Å²) in [6.07, 6.45) is 0. The predicted octanol–water partition coefficient (Wildman–Crippen LogP) is 1.87. The number of ether oxygens (including phenoxy) is 1. The summed E-state index contributed by atoms with van der Waals surface area (Å²) in [5.74, 6) is -1.39. The number of amides is 1. The summed E-state index contributed by atoms with van der Waals surface area (Å²) in [5, 5.41) is 9.20. The summed E-state index contributed by atoms with van der Waals surface area (Å²) in [6, 6.07) is 2.51. The molecule has 1 aromatic rings. The number of hydrogen-bond donors (Lipinski definition) is 2. The topological polar surface area (TPSA) is 92.9 Å². The van der Waals surface area contributed by atoms with E-state index in [1.54, 1.807) is 4.90 Å². The van der Waals surface area contributed by atoms with Crippen molar-refractivity contribution in [2.45, 2.75) is 13.8 Å². The van der Waals surface area contributed by atoms with Crippen LogP contribution in [0.25, 0.3) is 0 Å². The second-order valence-corrected chi connectivity index (χ2v) is 4.44. The van der Waals surface area contributed by atoms with Gasteiger partial charge >= 0.3 is 5.97 Å². The number of carbonyl (C=O) groups is 2. The number of nitrogens with two attached hydrogens (primary N) is 1. The molecular formula is C13H17ClN2O4. The van der Waals surface area contributed by atoms with Crippen molar-refractivity contribution < 1.29 is 19.4 Å². The summed E-state index contributed by atoms with van der Waals surface area (Å²) in [6.45, 7) is 4.58. The minimum atomic E-state index is -1.20. The van der Waals surface area contributed by atoms with Gasteiger partial charge in [-0.05, 0) is 19.9 Å². The van der Waals surface area contributed by atoms with Crippen LogP contribution in [0.1, 0.15) is 24.2 Å². The Morgan fingerprint density at radius 2 is 1.95 bits per heavy atom. The average Bonchev–Trinajstić information content (AvgIpc) is 2.40. The van der Waals surface area contributed by atoms with Gasteiger partial charge in [-0.3, -0.25) is 4.79 Å². The summed E-state index contributed by atoms with van der Waals surface area (Å²) >= 11 is 5.77. The molecule has 1 rings (SSSR count). The van der Waals surface area contributed by atoms with Crippen LogP contribution in [-0.2, 0) is 4.79 Å². The molecule has 1 aromatic carbocycles. The van der Waals surface area contributed by atoms with Gasteiger partial charge in [0.05, 0.1) is 10.7 Å². The van der Waals surface area contributed by atoms with E-state index < -0.39 is 5.97 Å². The number of anilines is 1. The molecule has 0 bridgehead atoms. The van der Waals surface area contributed by atoms with E-state index in [1.807, 2.05) is 13.8 Å². The molecule has 0 unspecified atom stereocenters. The highest BCUT2D eigenvalue weighted by atomic mass is 35.5. The number of carboxylic acid groups (broad SMARTS) is 1. The van der Waals surface area contributed by atoms with Gasteiger partial charge in [-0.15, -0.1) is 0 Å². The molecule has 0 aromatic heterocycles. The van der Waals surface area contributed by atoms with Crippen molar-refractivity contribution in [1.82, 2.24) is 4.90 Å². The van der Waals surface area contributed by atoms with Gasteiger partial charge in [0.25, 0.3) is 5.91 Å². The van der Waals surface area contributed by atoms with Crippen molar-refractivity contribution in [2.75, 3.05) is 25.4 Å². The van der Waals surface area contributed by atoms with Gasteiger partial charge in [0.1, 0.15) is 11.3 Å². The lowest BCUT2D eigenvalue weighted by Gasteiger charge is -2.19. The van der Waals surface area contributed by atoms with E-state index in [1.165, 1.54) is 12.1 Å². The van der Waals surface area contributed by atoms with E-state index in [0.717, 1.165) is 0 Å². The highest BCUT2D eigenvalue weighted by Crippen LogP contribution is 2.29. The van der Waals surface area contributed by atoms with E-state index in [4.69, 9.17) is 27.2 Å². The molecule has 0 spiro atoms. The third kappa shape index (κ3) is 3.77.